The van der Waals surface area contributed by atoms with Gasteiger partial charge in [0.15, 0.2) is 0 Å². The molecular formula is C22H26N6O3S. The summed E-state index contributed by atoms with van der Waals surface area (Å²) in [6.07, 6.45) is 0. The number of benzene rings is 1. The number of carbonyl (C=O) groups excluding carboxylic acids is 2. The average Bonchev–Trinajstić information content (AvgIpc) is 3.21. The van der Waals surface area contributed by atoms with Crippen molar-refractivity contribution in [3.8, 4) is 0 Å². The molecule has 1 fully saturated rings. The smallest absolute Gasteiger partial charge is 0.253 e. The maximum atomic E-state index is 12.9. The first-order chi connectivity index (χ1) is 15.4. The summed E-state index contributed by atoms with van der Waals surface area (Å²) in [6.45, 7) is 7.75. The van der Waals surface area contributed by atoms with Gasteiger partial charge in [0.05, 0.1) is 13.2 Å². The van der Waals surface area contributed by atoms with Crippen molar-refractivity contribution < 1.29 is 14.3 Å². The van der Waals surface area contributed by atoms with Crippen molar-refractivity contribution in [1.82, 2.24) is 29.8 Å². The van der Waals surface area contributed by atoms with Gasteiger partial charge in [-0.05, 0) is 38.5 Å². The Morgan fingerprint density at radius 3 is 2.72 bits per heavy atom. The molecule has 2 aromatic heterocycles. The van der Waals surface area contributed by atoms with Gasteiger partial charge in [-0.3, -0.25) is 9.59 Å². The number of rotatable bonds is 6. The van der Waals surface area contributed by atoms with Crippen molar-refractivity contribution in [2.45, 2.75) is 37.7 Å². The fourth-order valence-electron chi connectivity index (χ4n) is 3.61. The summed E-state index contributed by atoms with van der Waals surface area (Å²) in [5, 5.41) is 7.95. The van der Waals surface area contributed by atoms with Crippen molar-refractivity contribution in [3.63, 3.8) is 0 Å². The third-order valence-electron chi connectivity index (χ3n) is 5.26. The fourth-order valence-corrected chi connectivity index (χ4v) is 4.43. The Kier molecular flexibility index (Phi) is 6.71. The number of aromatic nitrogens is 4. The zero-order valence-corrected chi connectivity index (χ0v) is 19.2. The van der Waals surface area contributed by atoms with Crippen LogP contribution in [0.25, 0.3) is 5.78 Å². The molecule has 1 aliphatic heterocycles. The number of amides is 2. The van der Waals surface area contributed by atoms with Crippen molar-refractivity contribution in [2.24, 2.45) is 0 Å². The molecule has 10 heteroatoms. The first-order valence-corrected chi connectivity index (χ1v) is 11.5. The van der Waals surface area contributed by atoms with Crippen molar-refractivity contribution in [1.29, 1.82) is 0 Å². The Morgan fingerprint density at radius 1 is 1.19 bits per heavy atom. The summed E-state index contributed by atoms with van der Waals surface area (Å²) >= 11 is 1.44. The number of thioether (sulfide) groups is 1. The van der Waals surface area contributed by atoms with Crippen LogP contribution in [-0.2, 0) is 15.3 Å². The average molecular weight is 455 g/mol. The Labute approximate surface area is 190 Å². The number of fused-ring (bicyclic) bond motifs is 1. The molecule has 168 valence electrons. The van der Waals surface area contributed by atoms with Crippen LogP contribution in [0.5, 0.6) is 0 Å². The molecule has 0 saturated carbocycles. The third kappa shape index (κ3) is 4.91. The molecule has 4 rings (SSSR count). The second-order valence-corrected chi connectivity index (χ2v) is 8.67. The van der Waals surface area contributed by atoms with E-state index in [0.29, 0.717) is 48.6 Å². The van der Waals surface area contributed by atoms with Crippen LogP contribution in [0.1, 0.15) is 34.2 Å². The first-order valence-electron chi connectivity index (χ1n) is 10.5. The highest BCUT2D eigenvalue weighted by molar-refractivity contribution is 7.98. The maximum Gasteiger partial charge on any atom is 0.253 e. The predicted octanol–water partition coefficient (Wildman–Crippen LogP) is 2.01. The van der Waals surface area contributed by atoms with E-state index >= 15 is 0 Å². The van der Waals surface area contributed by atoms with Crippen LogP contribution in [-0.4, -0.2) is 68.6 Å². The number of carbonyl (C=O) groups is 2. The highest BCUT2D eigenvalue weighted by Gasteiger charge is 2.24. The van der Waals surface area contributed by atoms with Gasteiger partial charge in [-0.25, -0.2) is 9.50 Å². The largest absolute Gasteiger partial charge is 0.378 e. The summed E-state index contributed by atoms with van der Waals surface area (Å²) in [5.74, 6) is 0.711. The second-order valence-electron chi connectivity index (χ2n) is 7.72. The van der Waals surface area contributed by atoms with Gasteiger partial charge in [0.2, 0.25) is 11.1 Å². The molecule has 0 aliphatic carbocycles. The lowest BCUT2D eigenvalue weighted by molar-refractivity contribution is -0.136. The van der Waals surface area contributed by atoms with E-state index in [9.17, 15) is 9.59 Å². The number of aryl methyl sites for hydroxylation is 2. The van der Waals surface area contributed by atoms with E-state index in [4.69, 9.17) is 4.74 Å². The van der Waals surface area contributed by atoms with E-state index in [2.05, 4.69) is 20.4 Å². The van der Waals surface area contributed by atoms with Gasteiger partial charge in [0.1, 0.15) is 6.04 Å². The highest BCUT2D eigenvalue weighted by atomic mass is 32.2. The fraction of sp³-hybridized carbons (Fsp3) is 0.409. The molecule has 0 radical (unpaired) electrons. The molecule has 3 aromatic rings. The Balaban J connectivity index is 1.43. The molecule has 1 N–H and O–H groups in total. The molecule has 0 spiro atoms. The van der Waals surface area contributed by atoms with Crippen molar-refractivity contribution in [3.05, 3.63) is 52.8 Å². The Morgan fingerprint density at radius 2 is 1.94 bits per heavy atom. The molecule has 1 atom stereocenters. The minimum absolute atomic E-state index is 0.0967. The van der Waals surface area contributed by atoms with Crippen LogP contribution < -0.4 is 5.32 Å². The van der Waals surface area contributed by atoms with Crippen molar-refractivity contribution in [2.75, 3.05) is 26.3 Å². The number of hydrogen-bond donors (Lipinski definition) is 1. The van der Waals surface area contributed by atoms with Crippen LogP contribution in [0.15, 0.2) is 35.5 Å². The molecule has 3 heterocycles. The van der Waals surface area contributed by atoms with Crippen LogP contribution in [0.3, 0.4) is 0 Å². The molecule has 1 aromatic carbocycles. The van der Waals surface area contributed by atoms with E-state index in [-0.39, 0.29) is 11.8 Å². The predicted molar refractivity (Wildman–Crippen MR) is 121 cm³/mol. The maximum absolute atomic E-state index is 12.9. The van der Waals surface area contributed by atoms with Crippen LogP contribution >= 0.6 is 11.8 Å². The van der Waals surface area contributed by atoms with Crippen LogP contribution in [0, 0.1) is 13.8 Å². The standard InChI is InChI=1S/C22H26N6O3S/c1-14-12-15(2)28-21(23-14)25-22(26-28)32-13-17-6-4-5-7-18(17)19(29)24-16(3)20(30)27-8-10-31-11-9-27/h4-7,12,16H,8-11,13H2,1-3H3,(H,24,29). The minimum atomic E-state index is -0.612. The number of hydrogen-bond acceptors (Lipinski definition) is 7. The molecule has 9 nitrogen and oxygen atoms in total. The molecule has 1 aliphatic rings. The Bertz CT molecular complexity index is 1140. The van der Waals surface area contributed by atoms with Gasteiger partial charge in [0, 0.05) is 35.8 Å². The monoisotopic (exact) mass is 454 g/mol. The van der Waals surface area contributed by atoms with Crippen LogP contribution in [0.2, 0.25) is 0 Å². The minimum Gasteiger partial charge on any atom is -0.378 e. The summed E-state index contributed by atoms with van der Waals surface area (Å²) in [4.78, 5) is 36.2. The number of nitrogens with zero attached hydrogens (tertiary/aromatic N) is 5. The number of ether oxygens (including phenoxy) is 1. The topological polar surface area (TPSA) is 102 Å². The normalized spacial score (nSPS) is 15.0. The highest BCUT2D eigenvalue weighted by Crippen LogP contribution is 2.23. The molecule has 32 heavy (non-hydrogen) atoms. The Hall–Kier alpha value is -2.98. The molecule has 0 bridgehead atoms. The summed E-state index contributed by atoms with van der Waals surface area (Å²) in [5.41, 5.74) is 3.24. The van der Waals surface area contributed by atoms with E-state index in [1.807, 2.05) is 38.1 Å². The first kappa shape index (κ1) is 22.2. The lowest BCUT2D eigenvalue weighted by atomic mass is 10.1. The van der Waals surface area contributed by atoms with Gasteiger partial charge in [-0.2, -0.15) is 4.98 Å². The molecular weight excluding hydrogens is 428 g/mol. The van der Waals surface area contributed by atoms with Gasteiger partial charge in [0.25, 0.3) is 11.7 Å². The van der Waals surface area contributed by atoms with Gasteiger partial charge in [-0.1, -0.05) is 30.0 Å². The quantitative estimate of drug-likeness (QED) is 0.569. The molecule has 2 amide bonds. The van der Waals surface area contributed by atoms with E-state index < -0.39 is 6.04 Å². The lowest BCUT2D eigenvalue weighted by Gasteiger charge is -2.29. The number of morpholine rings is 1. The SMILES string of the molecule is Cc1cc(C)n2nc(SCc3ccccc3C(=O)NC(C)C(=O)N3CCOCC3)nc2n1. The lowest BCUT2D eigenvalue weighted by Crippen LogP contribution is -2.50. The van der Waals surface area contributed by atoms with E-state index in [1.54, 1.807) is 22.4 Å². The van der Waals surface area contributed by atoms with Gasteiger partial charge in [-0.15, -0.1) is 5.10 Å². The molecule has 1 saturated heterocycles. The second kappa shape index (κ2) is 9.66. The zero-order valence-electron chi connectivity index (χ0n) is 18.4. The van der Waals surface area contributed by atoms with Gasteiger partial charge < -0.3 is 15.0 Å². The third-order valence-corrected chi connectivity index (χ3v) is 6.14. The zero-order chi connectivity index (χ0) is 22.7. The summed E-state index contributed by atoms with van der Waals surface area (Å²) < 4.78 is 7.01. The van der Waals surface area contributed by atoms with Crippen molar-refractivity contribution >= 4 is 29.4 Å². The summed E-state index contributed by atoms with van der Waals surface area (Å²) in [7, 11) is 0. The number of nitrogens with one attached hydrogen (secondary N) is 1. The van der Waals surface area contributed by atoms with Gasteiger partial charge >= 0.3 is 0 Å². The summed E-state index contributed by atoms with van der Waals surface area (Å²) in [6, 6.07) is 8.72. The molecule has 1 unspecified atom stereocenters. The van der Waals surface area contributed by atoms with E-state index in [1.165, 1.54) is 11.8 Å². The van der Waals surface area contributed by atoms with E-state index in [0.717, 1.165) is 17.0 Å². The van der Waals surface area contributed by atoms with Crippen LogP contribution in [0.4, 0.5) is 0 Å².